The zero-order chi connectivity index (χ0) is 8.97. The Hall–Kier alpha value is -1.25. The maximum Gasteiger partial charge on any atom is 0.168 e. The number of anilines is 1. The van der Waals surface area contributed by atoms with Gasteiger partial charge in [-0.25, -0.2) is 4.98 Å². The summed E-state index contributed by atoms with van der Waals surface area (Å²) in [6.07, 6.45) is 1.82. The lowest BCUT2D eigenvalue weighted by Crippen LogP contribution is -2.01. The molecule has 0 amide bonds. The Bertz CT molecular complexity index is 261. The Kier molecular flexibility index (Phi) is 2.91. The second-order valence-corrected chi connectivity index (χ2v) is 2.59. The third-order valence-electron chi connectivity index (χ3n) is 1.55. The molecule has 3 heteroatoms. The van der Waals surface area contributed by atoms with E-state index in [0.29, 0.717) is 0 Å². The number of pyridine rings is 1. The summed E-state index contributed by atoms with van der Waals surface area (Å²) in [5, 5.41) is 3.12. The van der Waals surface area contributed by atoms with E-state index in [-0.39, 0.29) is 0 Å². The molecule has 0 aliphatic carbocycles. The SMILES string of the molecule is CCNc1ncc(C)cc1OC. The number of ether oxygens (including phenoxy) is 1. The number of aryl methyl sites for hydroxylation is 1. The minimum Gasteiger partial charge on any atom is -0.493 e. The van der Waals surface area contributed by atoms with E-state index in [4.69, 9.17) is 4.74 Å². The van der Waals surface area contributed by atoms with Crippen molar-refractivity contribution < 1.29 is 4.74 Å². The molecule has 0 unspecified atom stereocenters. The van der Waals surface area contributed by atoms with Crippen LogP contribution >= 0.6 is 0 Å². The van der Waals surface area contributed by atoms with Gasteiger partial charge in [0.15, 0.2) is 11.6 Å². The fourth-order valence-corrected chi connectivity index (χ4v) is 0.998. The first-order valence-electron chi connectivity index (χ1n) is 4.02. The molecule has 0 aliphatic rings. The fourth-order valence-electron chi connectivity index (χ4n) is 0.998. The first-order chi connectivity index (χ1) is 5.77. The molecular formula is C9H14N2O. The molecule has 1 aromatic heterocycles. The molecule has 0 aliphatic heterocycles. The van der Waals surface area contributed by atoms with Crippen LogP contribution in [0.3, 0.4) is 0 Å². The highest BCUT2D eigenvalue weighted by Crippen LogP contribution is 2.21. The van der Waals surface area contributed by atoms with E-state index >= 15 is 0 Å². The van der Waals surface area contributed by atoms with Crippen molar-refractivity contribution in [2.24, 2.45) is 0 Å². The summed E-state index contributed by atoms with van der Waals surface area (Å²) in [5.41, 5.74) is 1.11. The van der Waals surface area contributed by atoms with E-state index in [1.807, 2.05) is 26.1 Å². The van der Waals surface area contributed by atoms with Gasteiger partial charge in [-0.15, -0.1) is 0 Å². The Morgan fingerprint density at radius 3 is 2.92 bits per heavy atom. The molecule has 0 saturated heterocycles. The highest BCUT2D eigenvalue weighted by molar-refractivity contribution is 5.50. The van der Waals surface area contributed by atoms with Gasteiger partial charge in [0.25, 0.3) is 0 Å². The quantitative estimate of drug-likeness (QED) is 0.743. The average molecular weight is 166 g/mol. The van der Waals surface area contributed by atoms with Gasteiger partial charge in [-0.1, -0.05) is 0 Å². The fraction of sp³-hybridized carbons (Fsp3) is 0.444. The van der Waals surface area contributed by atoms with Crippen LogP contribution in [0.1, 0.15) is 12.5 Å². The van der Waals surface area contributed by atoms with Crippen molar-refractivity contribution in [3.63, 3.8) is 0 Å². The molecule has 0 fully saturated rings. The molecule has 1 aromatic rings. The third kappa shape index (κ3) is 1.87. The zero-order valence-electron chi connectivity index (χ0n) is 7.72. The first-order valence-corrected chi connectivity index (χ1v) is 4.02. The van der Waals surface area contributed by atoms with Crippen LogP contribution in [0.2, 0.25) is 0 Å². The molecule has 0 saturated carbocycles. The zero-order valence-corrected chi connectivity index (χ0v) is 7.72. The van der Waals surface area contributed by atoms with Gasteiger partial charge in [0.2, 0.25) is 0 Å². The molecule has 66 valence electrons. The molecular weight excluding hydrogens is 152 g/mol. The lowest BCUT2D eigenvalue weighted by atomic mass is 10.3. The van der Waals surface area contributed by atoms with Crippen LogP contribution in [0.15, 0.2) is 12.3 Å². The standard InChI is InChI=1S/C9H14N2O/c1-4-10-9-8(12-3)5-7(2)6-11-9/h5-6H,4H2,1-3H3,(H,10,11). The van der Waals surface area contributed by atoms with E-state index in [0.717, 1.165) is 23.7 Å². The Labute approximate surface area is 72.8 Å². The maximum atomic E-state index is 5.15. The number of nitrogens with one attached hydrogen (secondary N) is 1. The first kappa shape index (κ1) is 8.84. The Balaban J connectivity index is 2.94. The average Bonchev–Trinajstić information content (AvgIpc) is 2.08. The minimum absolute atomic E-state index is 0.803. The number of hydrogen-bond acceptors (Lipinski definition) is 3. The molecule has 3 nitrogen and oxygen atoms in total. The van der Waals surface area contributed by atoms with Gasteiger partial charge in [0.05, 0.1) is 7.11 Å². The summed E-state index contributed by atoms with van der Waals surface area (Å²) < 4.78 is 5.15. The van der Waals surface area contributed by atoms with Gasteiger partial charge in [0.1, 0.15) is 0 Å². The van der Waals surface area contributed by atoms with Gasteiger partial charge >= 0.3 is 0 Å². The summed E-state index contributed by atoms with van der Waals surface area (Å²) in [5.74, 6) is 1.61. The van der Waals surface area contributed by atoms with E-state index in [1.165, 1.54) is 0 Å². The van der Waals surface area contributed by atoms with Gasteiger partial charge in [0, 0.05) is 12.7 Å². The summed E-state index contributed by atoms with van der Waals surface area (Å²) in [6.45, 7) is 4.87. The van der Waals surface area contributed by atoms with Crippen LogP contribution in [0, 0.1) is 6.92 Å². The van der Waals surface area contributed by atoms with Crippen LogP contribution in [-0.4, -0.2) is 18.6 Å². The van der Waals surface area contributed by atoms with Gasteiger partial charge in [-0.05, 0) is 25.5 Å². The van der Waals surface area contributed by atoms with Crippen molar-refractivity contribution in [1.29, 1.82) is 0 Å². The van der Waals surface area contributed by atoms with Crippen LogP contribution < -0.4 is 10.1 Å². The summed E-state index contributed by atoms with van der Waals surface area (Å²) >= 11 is 0. The predicted octanol–water partition coefficient (Wildman–Crippen LogP) is 1.83. The molecule has 0 spiro atoms. The highest BCUT2D eigenvalue weighted by atomic mass is 16.5. The monoisotopic (exact) mass is 166 g/mol. The van der Waals surface area contributed by atoms with Crippen molar-refractivity contribution in [2.45, 2.75) is 13.8 Å². The summed E-state index contributed by atoms with van der Waals surface area (Å²) in [7, 11) is 1.65. The third-order valence-corrected chi connectivity index (χ3v) is 1.55. The molecule has 1 heterocycles. The largest absolute Gasteiger partial charge is 0.493 e. The molecule has 0 aromatic carbocycles. The number of hydrogen-bond donors (Lipinski definition) is 1. The molecule has 0 atom stereocenters. The van der Waals surface area contributed by atoms with E-state index in [2.05, 4.69) is 10.3 Å². The second-order valence-electron chi connectivity index (χ2n) is 2.59. The Morgan fingerprint density at radius 1 is 1.58 bits per heavy atom. The van der Waals surface area contributed by atoms with Gasteiger partial charge in [-0.3, -0.25) is 0 Å². The van der Waals surface area contributed by atoms with Crippen LogP contribution in [0.4, 0.5) is 5.82 Å². The minimum atomic E-state index is 0.803. The number of methoxy groups -OCH3 is 1. The van der Waals surface area contributed by atoms with E-state index < -0.39 is 0 Å². The van der Waals surface area contributed by atoms with Crippen molar-refractivity contribution in [3.05, 3.63) is 17.8 Å². The van der Waals surface area contributed by atoms with Gasteiger partial charge in [-0.2, -0.15) is 0 Å². The number of nitrogens with zero attached hydrogens (tertiary/aromatic N) is 1. The normalized spacial score (nSPS) is 9.58. The molecule has 12 heavy (non-hydrogen) atoms. The number of rotatable bonds is 3. The van der Waals surface area contributed by atoms with Crippen LogP contribution in [-0.2, 0) is 0 Å². The summed E-state index contributed by atoms with van der Waals surface area (Å²) in [4.78, 5) is 4.20. The topological polar surface area (TPSA) is 34.2 Å². The molecule has 1 N–H and O–H groups in total. The van der Waals surface area contributed by atoms with Crippen molar-refractivity contribution in [1.82, 2.24) is 4.98 Å². The number of aromatic nitrogens is 1. The molecule has 0 bridgehead atoms. The van der Waals surface area contributed by atoms with Crippen molar-refractivity contribution >= 4 is 5.82 Å². The molecule has 1 rings (SSSR count). The predicted molar refractivity (Wildman–Crippen MR) is 49.7 cm³/mol. The lowest BCUT2D eigenvalue weighted by Gasteiger charge is -2.08. The van der Waals surface area contributed by atoms with Crippen molar-refractivity contribution in [2.75, 3.05) is 19.0 Å². The van der Waals surface area contributed by atoms with Gasteiger partial charge < -0.3 is 10.1 Å². The molecule has 0 radical (unpaired) electrons. The van der Waals surface area contributed by atoms with E-state index in [9.17, 15) is 0 Å². The smallest absolute Gasteiger partial charge is 0.168 e. The second kappa shape index (κ2) is 3.95. The Morgan fingerprint density at radius 2 is 2.33 bits per heavy atom. The lowest BCUT2D eigenvalue weighted by molar-refractivity contribution is 0.414. The van der Waals surface area contributed by atoms with Crippen LogP contribution in [0.5, 0.6) is 5.75 Å². The summed E-state index contributed by atoms with van der Waals surface area (Å²) in [6, 6.07) is 1.96. The maximum absolute atomic E-state index is 5.15. The van der Waals surface area contributed by atoms with E-state index in [1.54, 1.807) is 7.11 Å². The highest BCUT2D eigenvalue weighted by Gasteiger charge is 2.01. The van der Waals surface area contributed by atoms with Crippen LogP contribution in [0.25, 0.3) is 0 Å². The van der Waals surface area contributed by atoms with Crippen molar-refractivity contribution in [3.8, 4) is 5.75 Å².